The van der Waals surface area contributed by atoms with E-state index in [0.717, 1.165) is 12.0 Å². The molecule has 4 nitrogen and oxygen atoms in total. The van der Waals surface area contributed by atoms with E-state index in [9.17, 15) is 4.79 Å². The van der Waals surface area contributed by atoms with Crippen LogP contribution >= 0.6 is 0 Å². The van der Waals surface area contributed by atoms with Crippen LogP contribution in [-0.4, -0.2) is 31.2 Å². The Kier molecular flexibility index (Phi) is 5.56. The van der Waals surface area contributed by atoms with E-state index in [1.54, 1.807) is 13.2 Å². The number of hydrogen-bond acceptors (Lipinski definition) is 4. The van der Waals surface area contributed by atoms with Gasteiger partial charge in [-0.05, 0) is 57.9 Å². The van der Waals surface area contributed by atoms with Crippen molar-refractivity contribution in [2.45, 2.75) is 58.7 Å². The summed E-state index contributed by atoms with van der Waals surface area (Å²) in [4.78, 5) is 12.2. The van der Waals surface area contributed by atoms with Crippen LogP contribution in [0.15, 0.2) is 24.2 Å². The fourth-order valence-electron chi connectivity index (χ4n) is 2.53. The average Bonchev–Trinajstić information content (AvgIpc) is 2.72. The lowest BCUT2D eigenvalue weighted by atomic mass is 9.89. The summed E-state index contributed by atoms with van der Waals surface area (Å²) >= 11 is 0. The van der Waals surface area contributed by atoms with Gasteiger partial charge in [0, 0.05) is 12.0 Å². The molecule has 0 aromatic heterocycles. The normalized spacial score (nSPS) is 19.0. The highest BCUT2D eigenvalue weighted by molar-refractivity contribution is 6.52. The van der Waals surface area contributed by atoms with Crippen molar-refractivity contribution < 1.29 is 18.8 Å². The second-order valence-corrected chi connectivity index (χ2v) is 7.15. The number of ether oxygens (including phenoxy) is 1. The maximum Gasteiger partial charge on any atom is 0.487 e. The molecular weight excluding hydrogens is 303 g/mol. The molecule has 1 saturated heterocycles. The Balaban J connectivity index is 2.20. The average molecular weight is 330 g/mol. The Labute approximate surface area is 145 Å². The molecule has 0 atom stereocenters. The molecule has 0 spiro atoms. The molecule has 130 valence electrons. The Hall–Kier alpha value is -1.59. The molecule has 5 heteroatoms. The van der Waals surface area contributed by atoms with E-state index >= 15 is 0 Å². The summed E-state index contributed by atoms with van der Waals surface area (Å²) in [6.45, 7) is 10.1. The first-order chi connectivity index (χ1) is 11.2. The fourth-order valence-corrected chi connectivity index (χ4v) is 2.53. The monoisotopic (exact) mass is 330 g/mol. The first-order valence-corrected chi connectivity index (χ1v) is 8.44. The molecule has 24 heavy (non-hydrogen) atoms. The summed E-state index contributed by atoms with van der Waals surface area (Å²) < 4.78 is 17.2. The number of carbonyl (C=O) groups is 1. The van der Waals surface area contributed by atoms with E-state index in [1.165, 1.54) is 0 Å². The van der Waals surface area contributed by atoms with Gasteiger partial charge in [0.05, 0.1) is 18.3 Å². The minimum atomic E-state index is -0.406. The van der Waals surface area contributed by atoms with Gasteiger partial charge in [0.15, 0.2) is 5.78 Å². The molecule has 1 heterocycles. The molecule has 1 aliphatic rings. The zero-order valence-corrected chi connectivity index (χ0v) is 15.5. The van der Waals surface area contributed by atoms with Gasteiger partial charge in [-0.25, -0.2) is 0 Å². The van der Waals surface area contributed by atoms with Gasteiger partial charge in [-0.2, -0.15) is 0 Å². The number of Topliss-reactive ketones (excluding diaryl/α,β-unsaturated/α-hetero) is 1. The number of rotatable bonds is 6. The van der Waals surface area contributed by atoms with Gasteiger partial charge in [-0.3, -0.25) is 4.79 Å². The highest BCUT2D eigenvalue weighted by Crippen LogP contribution is 2.37. The zero-order chi connectivity index (χ0) is 18.0. The molecule has 1 aromatic rings. The van der Waals surface area contributed by atoms with E-state index in [2.05, 4.69) is 0 Å². The van der Waals surface area contributed by atoms with E-state index < -0.39 is 7.12 Å². The summed E-state index contributed by atoms with van der Waals surface area (Å²) in [5, 5.41) is 0. The Bertz CT molecular complexity index is 618. The Morgan fingerprint density at radius 2 is 1.79 bits per heavy atom. The van der Waals surface area contributed by atoms with Gasteiger partial charge in [-0.1, -0.05) is 19.0 Å². The second-order valence-electron chi connectivity index (χ2n) is 7.15. The van der Waals surface area contributed by atoms with Crippen LogP contribution in [0.4, 0.5) is 0 Å². The topological polar surface area (TPSA) is 44.8 Å². The van der Waals surface area contributed by atoms with Gasteiger partial charge in [-0.15, -0.1) is 0 Å². The lowest BCUT2D eigenvalue weighted by Crippen LogP contribution is -2.41. The summed E-state index contributed by atoms with van der Waals surface area (Å²) in [5.41, 5.74) is 0.838. The molecule has 0 saturated carbocycles. The number of carbonyl (C=O) groups excluding carboxylic acids is 1. The van der Waals surface area contributed by atoms with Crippen molar-refractivity contribution in [3.8, 4) is 5.75 Å². The van der Waals surface area contributed by atoms with E-state index in [4.69, 9.17) is 14.0 Å². The fraction of sp³-hybridized carbons (Fsp3) is 0.526. The standard InChI is InChI=1S/C19H27BO4/c1-7-8-17(21)15-11-14(12-16(13-15)22-6)9-10-20-23-18(2,3)19(4,5)24-20/h9-13H,7-8H2,1-6H3/b10-9+. The van der Waals surface area contributed by atoms with Crippen molar-refractivity contribution in [2.24, 2.45) is 0 Å². The number of hydrogen-bond donors (Lipinski definition) is 0. The molecule has 1 aromatic carbocycles. The largest absolute Gasteiger partial charge is 0.497 e. The summed E-state index contributed by atoms with van der Waals surface area (Å²) in [7, 11) is 1.20. The highest BCUT2D eigenvalue weighted by atomic mass is 16.7. The first-order valence-electron chi connectivity index (χ1n) is 8.44. The molecule has 1 aliphatic heterocycles. The second kappa shape index (κ2) is 7.12. The van der Waals surface area contributed by atoms with Gasteiger partial charge in [0.25, 0.3) is 0 Å². The maximum absolute atomic E-state index is 12.2. The van der Waals surface area contributed by atoms with Crippen LogP contribution < -0.4 is 4.74 Å². The van der Waals surface area contributed by atoms with Gasteiger partial charge >= 0.3 is 7.12 Å². The lowest BCUT2D eigenvalue weighted by molar-refractivity contribution is 0.00578. The van der Waals surface area contributed by atoms with Crippen LogP contribution in [0.3, 0.4) is 0 Å². The highest BCUT2D eigenvalue weighted by Gasteiger charge is 2.49. The van der Waals surface area contributed by atoms with Crippen molar-refractivity contribution in [2.75, 3.05) is 7.11 Å². The van der Waals surface area contributed by atoms with Crippen molar-refractivity contribution in [3.05, 3.63) is 35.3 Å². The molecule has 0 amide bonds. The minimum Gasteiger partial charge on any atom is -0.497 e. The van der Waals surface area contributed by atoms with Gasteiger partial charge in [0.1, 0.15) is 5.75 Å². The van der Waals surface area contributed by atoms with E-state index in [0.29, 0.717) is 17.7 Å². The summed E-state index contributed by atoms with van der Waals surface area (Å²) in [6, 6.07) is 5.55. The van der Waals surface area contributed by atoms with E-state index in [1.807, 2.05) is 58.8 Å². The molecule has 0 aliphatic carbocycles. The Morgan fingerprint density at radius 1 is 1.17 bits per heavy atom. The van der Waals surface area contributed by atoms with Crippen LogP contribution in [-0.2, 0) is 9.31 Å². The van der Waals surface area contributed by atoms with Crippen LogP contribution in [0, 0.1) is 0 Å². The molecule has 2 rings (SSSR count). The molecule has 0 unspecified atom stereocenters. The summed E-state index contributed by atoms with van der Waals surface area (Å²) in [5.74, 6) is 2.67. The van der Waals surface area contributed by atoms with Crippen molar-refractivity contribution in [1.29, 1.82) is 0 Å². The maximum atomic E-state index is 12.2. The quantitative estimate of drug-likeness (QED) is 0.575. The molecule has 1 fully saturated rings. The van der Waals surface area contributed by atoms with Crippen molar-refractivity contribution >= 4 is 19.0 Å². The van der Waals surface area contributed by atoms with Crippen LogP contribution in [0.2, 0.25) is 0 Å². The van der Waals surface area contributed by atoms with Crippen LogP contribution in [0.25, 0.3) is 6.08 Å². The van der Waals surface area contributed by atoms with Crippen LogP contribution in [0.5, 0.6) is 5.75 Å². The summed E-state index contributed by atoms with van der Waals surface area (Å²) in [6.07, 6.45) is 3.27. The molecule has 0 N–H and O–H groups in total. The predicted molar refractivity (Wildman–Crippen MR) is 97.3 cm³/mol. The number of ketones is 1. The predicted octanol–water partition coefficient (Wildman–Crippen LogP) is 4.32. The number of methoxy groups -OCH3 is 1. The number of benzene rings is 1. The molecular formula is C19H27BO4. The SMILES string of the molecule is CCCC(=O)c1cc(/C=C/B2OC(C)(C)C(C)(C)O2)cc(OC)c1. The molecule has 0 radical (unpaired) electrons. The third kappa shape index (κ3) is 4.08. The first kappa shape index (κ1) is 18.7. The van der Waals surface area contributed by atoms with Crippen molar-refractivity contribution in [1.82, 2.24) is 0 Å². The van der Waals surface area contributed by atoms with E-state index in [-0.39, 0.29) is 17.0 Å². The van der Waals surface area contributed by atoms with Gasteiger partial charge < -0.3 is 14.0 Å². The van der Waals surface area contributed by atoms with Crippen LogP contribution in [0.1, 0.15) is 63.4 Å². The van der Waals surface area contributed by atoms with Gasteiger partial charge in [0.2, 0.25) is 0 Å². The smallest absolute Gasteiger partial charge is 0.487 e. The minimum absolute atomic E-state index is 0.127. The lowest BCUT2D eigenvalue weighted by Gasteiger charge is -2.32. The third-order valence-electron chi connectivity index (χ3n) is 4.68. The third-order valence-corrected chi connectivity index (χ3v) is 4.68. The Morgan fingerprint density at radius 3 is 2.33 bits per heavy atom. The zero-order valence-electron chi connectivity index (χ0n) is 15.5. The molecule has 0 bridgehead atoms. The van der Waals surface area contributed by atoms with Crippen molar-refractivity contribution in [3.63, 3.8) is 0 Å².